The van der Waals surface area contributed by atoms with Crippen molar-refractivity contribution in [3.05, 3.63) is 17.0 Å². The highest BCUT2D eigenvalue weighted by Crippen LogP contribution is 2.30. The van der Waals surface area contributed by atoms with E-state index < -0.39 is 5.97 Å². The van der Waals surface area contributed by atoms with Gasteiger partial charge in [0.1, 0.15) is 4.88 Å². The van der Waals surface area contributed by atoms with Crippen LogP contribution in [0.1, 0.15) is 35.4 Å². The van der Waals surface area contributed by atoms with Crippen molar-refractivity contribution in [1.29, 1.82) is 0 Å². The summed E-state index contributed by atoms with van der Waals surface area (Å²) in [6, 6.07) is 3.14. The molecule has 1 aromatic heterocycles. The highest BCUT2D eigenvalue weighted by Gasteiger charge is 2.20. The van der Waals surface area contributed by atoms with Crippen LogP contribution in [0, 0.1) is 5.92 Å². The van der Waals surface area contributed by atoms with Crippen LogP contribution in [0.15, 0.2) is 12.1 Å². The minimum Gasteiger partial charge on any atom is -0.477 e. The number of aromatic carboxylic acids is 1. The van der Waals surface area contributed by atoms with Gasteiger partial charge in [-0.15, -0.1) is 11.3 Å². The highest BCUT2D eigenvalue weighted by molar-refractivity contribution is 7.18. The molecule has 2 rings (SSSR count). The fourth-order valence-electron chi connectivity index (χ4n) is 1.67. The van der Waals surface area contributed by atoms with Crippen molar-refractivity contribution >= 4 is 28.2 Å². The van der Waals surface area contributed by atoms with Gasteiger partial charge in [0.05, 0.1) is 5.00 Å². The minimum atomic E-state index is -0.954. The first-order valence-electron chi connectivity index (χ1n) is 5.28. The number of carbonyl (C=O) groups excluding carboxylic acids is 1. The van der Waals surface area contributed by atoms with Crippen molar-refractivity contribution in [3.63, 3.8) is 0 Å². The Labute approximate surface area is 97.3 Å². The molecule has 0 aromatic carbocycles. The molecule has 1 fully saturated rings. The maximum Gasteiger partial charge on any atom is 0.345 e. The summed E-state index contributed by atoms with van der Waals surface area (Å²) in [4.78, 5) is 22.4. The van der Waals surface area contributed by atoms with Gasteiger partial charge in [-0.25, -0.2) is 4.79 Å². The Hall–Kier alpha value is -1.36. The van der Waals surface area contributed by atoms with E-state index in [4.69, 9.17) is 5.11 Å². The predicted molar refractivity (Wildman–Crippen MR) is 61.9 cm³/mol. The third-order valence-electron chi connectivity index (χ3n) is 2.78. The Morgan fingerprint density at radius 2 is 2.19 bits per heavy atom. The molecule has 1 heterocycles. The molecular formula is C11H13NO3S. The molecule has 5 heteroatoms. The molecule has 16 heavy (non-hydrogen) atoms. The number of nitrogens with one attached hydrogen (secondary N) is 1. The zero-order valence-electron chi connectivity index (χ0n) is 8.73. The molecule has 0 atom stereocenters. The van der Waals surface area contributed by atoms with E-state index in [1.54, 1.807) is 6.07 Å². The second kappa shape index (κ2) is 4.65. The second-order valence-electron chi connectivity index (χ2n) is 4.02. The summed E-state index contributed by atoms with van der Waals surface area (Å²) in [7, 11) is 0. The molecule has 4 nitrogen and oxygen atoms in total. The van der Waals surface area contributed by atoms with Crippen LogP contribution in [0.3, 0.4) is 0 Å². The average molecular weight is 239 g/mol. The lowest BCUT2D eigenvalue weighted by atomic mass is 9.83. The van der Waals surface area contributed by atoms with Crippen LogP contribution in [0.5, 0.6) is 0 Å². The fourth-order valence-corrected chi connectivity index (χ4v) is 2.43. The topological polar surface area (TPSA) is 66.4 Å². The molecule has 1 aliphatic carbocycles. The van der Waals surface area contributed by atoms with Gasteiger partial charge in [0.2, 0.25) is 5.91 Å². The normalized spacial score (nSPS) is 15.5. The van der Waals surface area contributed by atoms with Gasteiger partial charge in [-0.1, -0.05) is 6.42 Å². The summed E-state index contributed by atoms with van der Waals surface area (Å²) >= 11 is 1.09. The lowest BCUT2D eigenvalue weighted by Gasteiger charge is -2.24. The van der Waals surface area contributed by atoms with Gasteiger partial charge in [0.25, 0.3) is 0 Å². The van der Waals surface area contributed by atoms with Crippen molar-refractivity contribution < 1.29 is 14.7 Å². The van der Waals surface area contributed by atoms with E-state index in [0.717, 1.165) is 24.2 Å². The molecule has 1 amide bonds. The molecule has 0 spiro atoms. The van der Waals surface area contributed by atoms with Gasteiger partial charge in [-0.2, -0.15) is 0 Å². The van der Waals surface area contributed by atoms with Gasteiger partial charge < -0.3 is 10.4 Å². The number of hydrogen-bond acceptors (Lipinski definition) is 3. The largest absolute Gasteiger partial charge is 0.477 e. The molecular weight excluding hydrogens is 226 g/mol. The third-order valence-corrected chi connectivity index (χ3v) is 3.77. The molecule has 2 N–H and O–H groups in total. The zero-order valence-corrected chi connectivity index (χ0v) is 9.55. The number of thiophene rings is 1. The van der Waals surface area contributed by atoms with Crippen molar-refractivity contribution in [2.24, 2.45) is 5.92 Å². The lowest BCUT2D eigenvalue weighted by molar-refractivity contribution is -0.117. The molecule has 0 aliphatic heterocycles. The minimum absolute atomic E-state index is 0.0107. The van der Waals surface area contributed by atoms with Crippen LogP contribution < -0.4 is 5.32 Å². The van der Waals surface area contributed by atoms with Gasteiger partial charge in [0, 0.05) is 6.42 Å². The molecule has 0 unspecified atom stereocenters. The Morgan fingerprint density at radius 1 is 1.44 bits per heavy atom. The summed E-state index contributed by atoms with van der Waals surface area (Å²) < 4.78 is 0. The maximum atomic E-state index is 11.5. The molecule has 0 radical (unpaired) electrons. The Kier molecular flexibility index (Phi) is 3.24. The summed E-state index contributed by atoms with van der Waals surface area (Å²) in [6.45, 7) is 0. The van der Waals surface area contributed by atoms with Crippen molar-refractivity contribution in [2.75, 3.05) is 5.32 Å². The average Bonchev–Trinajstić information content (AvgIpc) is 2.60. The monoisotopic (exact) mass is 239 g/mol. The van der Waals surface area contributed by atoms with Crippen LogP contribution in [0.25, 0.3) is 0 Å². The number of amides is 1. The van der Waals surface area contributed by atoms with Crippen molar-refractivity contribution in [3.8, 4) is 0 Å². The van der Waals surface area contributed by atoms with Gasteiger partial charge in [-0.05, 0) is 30.9 Å². The second-order valence-corrected chi connectivity index (χ2v) is 5.10. The molecule has 1 aliphatic rings. The molecule has 0 saturated heterocycles. The summed E-state index contributed by atoms with van der Waals surface area (Å²) in [5, 5.41) is 12.1. The van der Waals surface area contributed by atoms with Crippen molar-refractivity contribution in [1.82, 2.24) is 0 Å². The van der Waals surface area contributed by atoms with E-state index in [1.165, 1.54) is 12.5 Å². The van der Waals surface area contributed by atoms with Crippen LogP contribution in [0.2, 0.25) is 0 Å². The first-order chi connectivity index (χ1) is 7.65. The first kappa shape index (κ1) is 11.1. The molecule has 86 valence electrons. The van der Waals surface area contributed by atoms with E-state index in [2.05, 4.69) is 5.32 Å². The Morgan fingerprint density at radius 3 is 2.69 bits per heavy atom. The van der Waals surface area contributed by atoms with Crippen LogP contribution in [0.4, 0.5) is 5.00 Å². The standard InChI is InChI=1S/C11H13NO3S/c13-9(6-7-2-1-3-7)12-10-5-4-8(16-10)11(14)15/h4-5,7H,1-3,6H2,(H,12,13)(H,14,15). The summed E-state index contributed by atoms with van der Waals surface area (Å²) in [5.41, 5.74) is 0. The number of rotatable bonds is 4. The lowest BCUT2D eigenvalue weighted by Crippen LogP contribution is -2.20. The fraction of sp³-hybridized carbons (Fsp3) is 0.455. The third kappa shape index (κ3) is 2.61. The number of hydrogen-bond donors (Lipinski definition) is 2. The summed E-state index contributed by atoms with van der Waals surface area (Å²) in [6.07, 6.45) is 4.05. The number of carbonyl (C=O) groups is 2. The first-order valence-corrected chi connectivity index (χ1v) is 6.10. The van der Waals surface area contributed by atoms with Crippen LogP contribution >= 0.6 is 11.3 Å². The zero-order chi connectivity index (χ0) is 11.5. The Balaban J connectivity index is 1.87. The van der Waals surface area contributed by atoms with E-state index >= 15 is 0 Å². The number of carboxylic acid groups (broad SMARTS) is 1. The molecule has 1 saturated carbocycles. The smallest absolute Gasteiger partial charge is 0.345 e. The molecule has 1 aromatic rings. The highest BCUT2D eigenvalue weighted by atomic mass is 32.1. The van der Waals surface area contributed by atoms with E-state index in [1.807, 2.05) is 0 Å². The maximum absolute atomic E-state index is 11.5. The van der Waals surface area contributed by atoms with Gasteiger partial charge >= 0.3 is 5.97 Å². The van der Waals surface area contributed by atoms with E-state index in [0.29, 0.717) is 17.3 Å². The van der Waals surface area contributed by atoms with Gasteiger partial charge in [-0.3, -0.25) is 4.79 Å². The molecule has 0 bridgehead atoms. The summed E-state index contributed by atoms with van der Waals surface area (Å²) in [5.74, 6) is -0.438. The van der Waals surface area contributed by atoms with Gasteiger partial charge in [0.15, 0.2) is 0 Å². The number of carboxylic acids is 1. The Bertz CT molecular complexity index is 409. The van der Waals surface area contributed by atoms with Crippen LogP contribution in [-0.2, 0) is 4.79 Å². The SMILES string of the molecule is O=C(CC1CCC1)Nc1ccc(C(=O)O)s1. The predicted octanol–water partition coefficient (Wildman–Crippen LogP) is 2.58. The van der Waals surface area contributed by atoms with E-state index in [9.17, 15) is 9.59 Å². The van der Waals surface area contributed by atoms with Crippen molar-refractivity contribution in [2.45, 2.75) is 25.7 Å². The quantitative estimate of drug-likeness (QED) is 0.848. The van der Waals surface area contributed by atoms with Crippen LogP contribution in [-0.4, -0.2) is 17.0 Å². The number of anilines is 1. The van der Waals surface area contributed by atoms with E-state index in [-0.39, 0.29) is 10.8 Å².